The zero-order valence-corrected chi connectivity index (χ0v) is 22.7. The van der Waals surface area contributed by atoms with Crippen LogP contribution in [0.5, 0.6) is 0 Å². The van der Waals surface area contributed by atoms with Crippen LogP contribution in [0.15, 0.2) is 97.1 Å². The SMILES string of the molecule is CC1Cc2ccccc2C1C1Cc2ccccc2C1C1Cc2ccccc2C1C1Cc2ccccc2C1C. The van der Waals surface area contributed by atoms with Crippen LogP contribution < -0.4 is 0 Å². The lowest BCUT2D eigenvalue weighted by Gasteiger charge is -2.39. The Labute approximate surface area is 228 Å². The van der Waals surface area contributed by atoms with Crippen LogP contribution in [0.3, 0.4) is 0 Å². The maximum atomic E-state index is 2.53. The first-order valence-electron chi connectivity index (χ1n) is 15.0. The van der Waals surface area contributed by atoms with Gasteiger partial charge in [-0.15, -0.1) is 0 Å². The molecule has 8 atom stereocenters. The van der Waals surface area contributed by atoms with Crippen molar-refractivity contribution in [3.8, 4) is 0 Å². The van der Waals surface area contributed by atoms with E-state index in [1.807, 2.05) is 0 Å². The highest BCUT2D eigenvalue weighted by Gasteiger charge is 2.52. The van der Waals surface area contributed by atoms with Crippen molar-refractivity contribution >= 4 is 0 Å². The summed E-state index contributed by atoms with van der Waals surface area (Å²) < 4.78 is 0. The van der Waals surface area contributed by atoms with Gasteiger partial charge >= 0.3 is 0 Å². The molecule has 0 heterocycles. The van der Waals surface area contributed by atoms with Gasteiger partial charge in [-0.1, -0.05) is 111 Å². The molecule has 0 N–H and O–H groups in total. The maximum Gasteiger partial charge on any atom is -0.00843 e. The minimum absolute atomic E-state index is 0.617. The summed E-state index contributed by atoms with van der Waals surface area (Å²) in [4.78, 5) is 0. The van der Waals surface area contributed by atoms with E-state index < -0.39 is 0 Å². The largest absolute Gasteiger partial charge is 0.0620 e. The molecule has 0 saturated carbocycles. The Balaban J connectivity index is 1.26. The van der Waals surface area contributed by atoms with Crippen LogP contribution in [0.2, 0.25) is 0 Å². The number of benzene rings is 4. The average Bonchev–Trinajstić information content (AvgIpc) is 3.68. The van der Waals surface area contributed by atoms with Gasteiger partial charge < -0.3 is 0 Å². The number of rotatable bonds is 3. The molecule has 0 saturated heterocycles. The van der Waals surface area contributed by atoms with E-state index in [1.54, 1.807) is 44.5 Å². The summed E-state index contributed by atoms with van der Waals surface area (Å²) in [6.07, 6.45) is 4.95. The van der Waals surface area contributed by atoms with Crippen LogP contribution in [-0.4, -0.2) is 0 Å². The summed E-state index contributed by atoms with van der Waals surface area (Å²) in [6, 6.07) is 37.7. The summed E-state index contributed by atoms with van der Waals surface area (Å²) in [6.45, 7) is 5.05. The van der Waals surface area contributed by atoms with E-state index in [-0.39, 0.29) is 0 Å². The van der Waals surface area contributed by atoms with Gasteiger partial charge in [0.25, 0.3) is 0 Å². The molecule has 4 aliphatic rings. The summed E-state index contributed by atoms with van der Waals surface area (Å²) in [5.41, 5.74) is 13.0. The van der Waals surface area contributed by atoms with Crippen LogP contribution in [0.4, 0.5) is 0 Å². The molecule has 0 heteroatoms. The molecule has 38 heavy (non-hydrogen) atoms. The molecule has 0 radical (unpaired) electrons. The molecular formula is C38H38. The maximum absolute atomic E-state index is 2.53. The van der Waals surface area contributed by atoms with Gasteiger partial charge in [0.05, 0.1) is 0 Å². The van der Waals surface area contributed by atoms with Crippen molar-refractivity contribution in [3.63, 3.8) is 0 Å². The monoisotopic (exact) mass is 494 g/mol. The molecule has 0 aliphatic heterocycles. The Morgan fingerprint density at radius 2 is 0.763 bits per heavy atom. The second kappa shape index (κ2) is 8.70. The van der Waals surface area contributed by atoms with Crippen LogP contribution in [0.1, 0.15) is 82.0 Å². The smallest absolute Gasteiger partial charge is 0.00843 e. The molecule has 0 amide bonds. The number of fused-ring (bicyclic) bond motifs is 4. The van der Waals surface area contributed by atoms with Crippen LogP contribution in [0, 0.1) is 23.7 Å². The molecule has 8 rings (SSSR count). The molecule has 0 fully saturated rings. The Kier molecular flexibility index (Phi) is 5.23. The van der Waals surface area contributed by atoms with E-state index in [0.29, 0.717) is 47.3 Å². The van der Waals surface area contributed by atoms with Crippen molar-refractivity contribution in [2.75, 3.05) is 0 Å². The van der Waals surface area contributed by atoms with E-state index in [9.17, 15) is 0 Å². The molecule has 0 bridgehead atoms. The second-order valence-corrected chi connectivity index (χ2v) is 12.9. The highest BCUT2D eigenvalue weighted by molar-refractivity contribution is 5.48. The van der Waals surface area contributed by atoms with Gasteiger partial charge in [0, 0.05) is 0 Å². The molecule has 190 valence electrons. The fourth-order valence-corrected chi connectivity index (χ4v) is 9.85. The minimum Gasteiger partial charge on any atom is -0.0620 e. The van der Waals surface area contributed by atoms with Crippen molar-refractivity contribution in [3.05, 3.63) is 142 Å². The van der Waals surface area contributed by atoms with Crippen LogP contribution >= 0.6 is 0 Å². The number of hydrogen-bond acceptors (Lipinski definition) is 0. The highest BCUT2D eigenvalue weighted by atomic mass is 14.6. The summed E-state index contributed by atoms with van der Waals surface area (Å²) in [5, 5.41) is 0. The zero-order valence-electron chi connectivity index (χ0n) is 22.7. The highest BCUT2D eigenvalue weighted by Crippen LogP contribution is 2.62. The zero-order chi connectivity index (χ0) is 25.4. The van der Waals surface area contributed by atoms with Crippen molar-refractivity contribution < 1.29 is 0 Å². The van der Waals surface area contributed by atoms with Crippen molar-refractivity contribution in [2.45, 2.75) is 63.2 Å². The lowest BCUT2D eigenvalue weighted by atomic mass is 9.64. The lowest BCUT2D eigenvalue weighted by Crippen LogP contribution is -2.31. The van der Waals surface area contributed by atoms with Gasteiger partial charge in [-0.25, -0.2) is 0 Å². The summed E-state index contributed by atoms with van der Waals surface area (Å²) >= 11 is 0. The molecule has 0 nitrogen and oxygen atoms in total. The summed E-state index contributed by atoms with van der Waals surface area (Å²) in [7, 11) is 0. The first-order valence-corrected chi connectivity index (χ1v) is 15.0. The molecular weight excluding hydrogens is 456 g/mol. The Morgan fingerprint density at radius 1 is 0.395 bits per heavy atom. The molecule has 8 unspecified atom stereocenters. The first-order chi connectivity index (χ1) is 18.7. The average molecular weight is 495 g/mol. The van der Waals surface area contributed by atoms with Crippen molar-refractivity contribution in [2.24, 2.45) is 23.7 Å². The number of hydrogen-bond donors (Lipinski definition) is 0. The van der Waals surface area contributed by atoms with E-state index in [1.165, 1.54) is 25.7 Å². The van der Waals surface area contributed by atoms with Gasteiger partial charge in [-0.05, 0) is 118 Å². The standard InChI is InChI=1S/C38H38/c1-23-19-25-11-4-8-16-30(25)36(23)34-21-27-13-6-10-18-32(27)38(34)35-22-28-14-5-9-17-31(28)37(35)33-20-26-12-3-7-15-29(26)24(33)2/h3-18,23-24,33-38H,19-22H2,1-2H3. The third-order valence-electron chi connectivity index (χ3n) is 11.3. The third kappa shape index (κ3) is 3.28. The van der Waals surface area contributed by atoms with E-state index in [4.69, 9.17) is 0 Å². The molecule has 4 aliphatic carbocycles. The van der Waals surface area contributed by atoms with Gasteiger partial charge in [-0.3, -0.25) is 0 Å². The van der Waals surface area contributed by atoms with Gasteiger partial charge in [-0.2, -0.15) is 0 Å². The first kappa shape index (κ1) is 22.8. The second-order valence-electron chi connectivity index (χ2n) is 12.9. The lowest BCUT2D eigenvalue weighted by molar-refractivity contribution is 0.204. The minimum atomic E-state index is 0.617. The predicted octanol–water partition coefficient (Wildman–Crippen LogP) is 8.85. The van der Waals surface area contributed by atoms with Crippen molar-refractivity contribution in [1.82, 2.24) is 0 Å². The Morgan fingerprint density at radius 3 is 1.32 bits per heavy atom. The van der Waals surface area contributed by atoms with Crippen LogP contribution in [0.25, 0.3) is 0 Å². The fraction of sp³-hybridized carbons (Fsp3) is 0.368. The molecule has 4 aromatic carbocycles. The Bertz CT molecular complexity index is 1510. The third-order valence-corrected chi connectivity index (χ3v) is 11.3. The predicted molar refractivity (Wildman–Crippen MR) is 157 cm³/mol. The topological polar surface area (TPSA) is 0 Å². The Hall–Kier alpha value is -3.12. The van der Waals surface area contributed by atoms with Gasteiger partial charge in [0.15, 0.2) is 0 Å². The van der Waals surface area contributed by atoms with Crippen LogP contribution in [-0.2, 0) is 25.7 Å². The quantitative estimate of drug-likeness (QED) is 0.267. The van der Waals surface area contributed by atoms with Crippen molar-refractivity contribution in [1.29, 1.82) is 0 Å². The van der Waals surface area contributed by atoms with E-state index in [2.05, 4.69) is 111 Å². The molecule has 4 aromatic rings. The van der Waals surface area contributed by atoms with E-state index >= 15 is 0 Å². The molecule has 0 spiro atoms. The normalized spacial score (nSPS) is 32.6. The summed E-state index contributed by atoms with van der Waals surface area (Å²) in [5.74, 6) is 5.28. The van der Waals surface area contributed by atoms with Gasteiger partial charge in [0.2, 0.25) is 0 Å². The van der Waals surface area contributed by atoms with Gasteiger partial charge in [0.1, 0.15) is 0 Å². The fourth-order valence-electron chi connectivity index (χ4n) is 9.85. The van der Waals surface area contributed by atoms with E-state index in [0.717, 1.165) is 0 Å². The molecule has 0 aromatic heterocycles.